The zero-order chi connectivity index (χ0) is 16.9. The van der Waals surface area contributed by atoms with Crippen LogP contribution in [0, 0.1) is 11.6 Å². The van der Waals surface area contributed by atoms with Gasteiger partial charge in [-0.05, 0) is 37.6 Å². The fourth-order valence-electron chi connectivity index (χ4n) is 2.69. The van der Waals surface area contributed by atoms with Gasteiger partial charge in [0, 0.05) is 30.3 Å². The number of halogens is 2. The molecule has 1 aromatic carbocycles. The molecule has 126 valence electrons. The molecule has 0 radical (unpaired) electrons. The number of nitrogens with zero attached hydrogens (tertiary/aromatic N) is 2. The lowest BCUT2D eigenvalue weighted by atomic mass is 10.1. The number of hydrogen-bond acceptors (Lipinski definition) is 2. The zero-order valence-electron chi connectivity index (χ0n) is 13.5. The second-order valence-corrected chi connectivity index (χ2v) is 5.74. The maximum Gasteiger partial charge on any atom is 0.191 e. The quantitative estimate of drug-likeness (QED) is 0.654. The van der Waals surface area contributed by atoms with E-state index in [0.717, 1.165) is 5.69 Å². The van der Waals surface area contributed by atoms with Gasteiger partial charge in [-0.1, -0.05) is 12.1 Å². The first-order chi connectivity index (χ1) is 11.7. The van der Waals surface area contributed by atoms with Crippen LogP contribution < -0.4 is 10.6 Å². The molecular formula is C18H20F2N4. The van der Waals surface area contributed by atoms with Gasteiger partial charge < -0.3 is 10.6 Å². The van der Waals surface area contributed by atoms with Crippen LogP contribution in [-0.2, 0) is 6.54 Å². The molecule has 2 unspecified atom stereocenters. The molecule has 1 aromatic heterocycles. The van der Waals surface area contributed by atoms with Crippen LogP contribution in [0.25, 0.3) is 0 Å². The Morgan fingerprint density at radius 3 is 2.67 bits per heavy atom. The number of nitrogens with one attached hydrogen (secondary N) is 2. The van der Waals surface area contributed by atoms with Crippen molar-refractivity contribution in [1.29, 1.82) is 0 Å². The molecule has 24 heavy (non-hydrogen) atoms. The van der Waals surface area contributed by atoms with E-state index in [9.17, 15) is 8.78 Å². The summed E-state index contributed by atoms with van der Waals surface area (Å²) < 4.78 is 27.7. The lowest BCUT2D eigenvalue weighted by molar-refractivity contribution is 0.553. The normalized spacial score (nSPS) is 19.9. The van der Waals surface area contributed by atoms with Gasteiger partial charge >= 0.3 is 0 Å². The SMILES string of the molecule is CCNC(=NCc1ccccn1)NC1CC1c1c(F)cccc1F. The van der Waals surface area contributed by atoms with Crippen LogP contribution in [0.2, 0.25) is 0 Å². The number of aromatic nitrogens is 1. The number of aliphatic imine (C=N–C) groups is 1. The number of rotatable bonds is 5. The van der Waals surface area contributed by atoms with Gasteiger partial charge in [0.05, 0.1) is 12.2 Å². The van der Waals surface area contributed by atoms with E-state index in [0.29, 0.717) is 25.5 Å². The second kappa shape index (κ2) is 7.38. The Morgan fingerprint density at radius 2 is 2.00 bits per heavy atom. The van der Waals surface area contributed by atoms with Crippen molar-refractivity contribution in [3.8, 4) is 0 Å². The van der Waals surface area contributed by atoms with Crippen molar-refractivity contribution in [3.63, 3.8) is 0 Å². The molecule has 1 saturated carbocycles. The Morgan fingerprint density at radius 1 is 1.21 bits per heavy atom. The smallest absolute Gasteiger partial charge is 0.191 e. The Labute approximate surface area is 140 Å². The van der Waals surface area contributed by atoms with Crippen LogP contribution in [0.1, 0.15) is 30.5 Å². The van der Waals surface area contributed by atoms with Crippen molar-refractivity contribution in [2.45, 2.75) is 31.8 Å². The minimum atomic E-state index is -0.486. The molecule has 6 heteroatoms. The zero-order valence-corrected chi connectivity index (χ0v) is 13.5. The average Bonchev–Trinajstić information content (AvgIpc) is 3.32. The van der Waals surface area contributed by atoms with Crippen molar-refractivity contribution < 1.29 is 8.78 Å². The standard InChI is InChI=1S/C18H20F2N4/c1-2-21-18(23-11-12-6-3-4-9-22-12)24-16-10-13(16)17-14(19)7-5-8-15(17)20/h3-9,13,16H,2,10-11H2,1H3,(H2,21,23,24). The monoisotopic (exact) mass is 330 g/mol. The fraction of sp³-hybridized carbons (Fsp3) is 0.333. The van der Waals surface area contributed by atoms with E-state index in [4.69, 9.17) is 0 Å². The summed E-state index contributed by atoms with van der Waals surface area (Å²) in [6, 6.07) is 9.64. The molecule has 1 aliphatic rings. The first-order valence-electron chi connectivity index (χ1n) is 8.07. The highest BCUT2D eigenvalue weighted by Crippen LogP contribution is 2.43. The van der Waals surface area contributed by atoms with Gasteiger partial charge in [-0.25, -0.2) is 13.8 Å². The van der Waals surface area contributed by atoms with Crippen molar-refractivity contribution in [1.82, 2.24) is 15.6 Å². The fourth-order valence-corrected chi connectivity index (χ4v) is 2.69. The van der Waals surface area contributed by atoms with Crippen molar-refractivity contribution in [2.75, 3.05) is 6.54 Å². The van der Waals surface area contributed by atoms with Gasteiger partial charge in [0.1, 0.15) is 11.6 Å². The molecule has 0 saturated heterocycles. The van der Waals surface area contributed by atoms with E-state index in [1.807, 2.05) is 25.1 Å². The van der Waals surface area contributed by atoms with Crippen molar-refractivity contribution >= 4 is 5.96 Å². The minimum Gasteiger partial charge on any atom is -0.357 e. The van der Waals surface area contributed by atoms with E-state index in [2.05, 4.69) is 20.6 Å². The van der Waals surface area contributed by atoms with E-state index in [1.54, 1.807) is 6.20 Å². The van der Waals surface area contributed by atoms with Crippen LogP contribution in [-0.4, -0.2) is 23.5 Å². The maximum atomic E-state index is 13.8. The molecular weight excluding hydrogens is 310 g/mol. The highest BCUT2D eigenvalue weighted by molar-refractivity contribution is 5.80. The van der Waals surface area contributed by atoms with E-state index in [1.165, 1.54) is 18.2 Å². The highest BCUT2D eigenvalue weighted by atomic mass is 19.1. The number of hydrogen-bond donors (Lipinski definition) is 2. The number of guanidine groups is 1. The minimum absolute atomic E-state index is 0.0158. The average molecular weight is 330 g/mol. The Hall–Kier alpha value is -2.50. The topological polar surface area (TPSA) is 49.3 Å². The second-order valence-electron chi connectivity index (χ2n) is 5.74. The Kier molecular flexibility index (Phi) is 5.03. The van der Waals surface area contributed by atoms with E-state index < -0.39 is 11.6 Å². The summed E-state index contributed by atoms with van der Waals surface area (Å²) in [5.74, 6) is -0.503. The molecule has 0 bridgehead atoms. The lowest BCUT2D eigenvalue weighted by Crippen LogP contribution is -2.39. The van der Waals surface area contributed by atoms with E-state index in [-0.39, 0.29) is 17.5 Å². The highest BCUT2D eigenvalue weighted by Gasteiger charge is 2.42. The number of pyridine rings is 1. The maximum absolute atomic E-state index is 13.8. The molecule has 2 aromatic rings. The first kappa shape index (κ1) is 16.4. The summed E-state index contributed by atoms with van der Waals surface area (Å²) in [6.45, 7) is 3.12. The molecule has 1 fully saturated rings. The summed E-state index contributed by atoms with van der Waals surface area (Å²) in [5, 5.41) is 6.39. The van der Waals surface area contributed by atoms with Crippen LogP contribution in [0.3, 0.4) is 0 Å². The summed E-state index contributed by atoms with van der Waals surface area (Å²) in [5.41, 5.74) is 1.03. The predicted molar refractivity (Wildman–Crippen MR) is 89.7 cm³/mol. The van der Waals surface area contributed by atoms with Gasteiger partial charge in [-0.2, -0.15) is 0 Å². The van der Waals surface area contributed by atoms with Crippen LogP contribution in [0.15, 0.2) is 47.6 Å². The van der Waals surface area contributed by atoms with Gasteiger partial charge in [0.2, 0.25) is 0 Å². The van der Waals surface area contributed by atoms with Gasteiger partial charge in [-0.15, -0.1) is 0 Å². The molecule has 0 spiro atoms. The summed E-state index contributed by atoms with van der Waals surface area (Å²) in [4.78, 5) is 8.71. The summed E-state index contributed by atoms with van der Waals surface area (Å²) in [6.07, 6.45) is 2.41. The Bertz CT molecular complexity index is 698. The van der Waals surface area contributed by atoms with Crippen LogP contribution in [0.4, 0.5) is 8.78 Å². The molecule has 0 amide bonds. The largest absolute Gasteiger partial charge is 0.357 e. The lowest BCUT2D eigenvalue weighted by Gasteiger charge is -2.11. The molecule has 1 aliphatic carbocycles. The summed E-state index contributed by atoms with van der Waals surface area (Å²) in [7, 11) is 0. The molecule has 1 heterocycles. The van der Waals surface area contributed by atoms with Crippen LogP contribution >= 0.6 is 0 Å². The third-order valence-electron chi connectivity index (χ3n) is 3.95. The molecule has 0 aliphatic heterocycles. The molecule has 3 rings (SSSR count). The Balaban J connectivity index is 1.65. The van der Waals surface area contributed by atoms with E-state index >= 15 is 0 Å². The first-order valence-corrected chi connectivity index (χ1v) is 8.07. The van der Waals surface area contributed by atoms with Crippen molar-refractivity contribution in [3.05, 3.63) is 65.5 Å². The van der Waals surface area contributed by atoms with Crippen LogP contribution in [0.5, 0.6) is 0 Å². The molecule has 2 atom stereocenters. The van der Waals surface area contributed by atoms with Gasteiger partial charge in [0.15, 0.2) is 5.96 Å². The third kappa shape index (κ3) is 3.88. The summed E-state index contributed by atoms with van der Waals surface area (Å²) >= 11 is 0. The third-order valence-corrected chi connectivity index (χ3v) is 3.95. The van der Waals surface area contributed by atoms with Crippen molar-refractivity contribution in [2.24, 2.45) is 4.99 Å². The van der Waals surface area contributed by atoms with Gasteiger partial charge in [-0.3, -0.25) is 4.98 Å². The van der Waals surface area contributed by atoms with Gasteiger partial charge in [0.25, 0.3) is 0 Å². The molecule has 4 nitrogen and oxygen atoms in total. The number of benzene rings is 1. The molecule has 2 N–H and O–H groups in total. The predicted octanol–water partition coefficient (Wildman–Crippen LogP) is 2.97.